The Balaban J connectivity index is 2.78. The van der Waals surface area contributed by atoms with Crippen molar-refractivity contribution in [2.24, 2.45) is 0 Å². The fraction of sp³-hybridized carbons (Fsp3) is 0.300. The van der Waals surface area contributed by atoms with Gasteiger partial charge in [0.2, 0.25) is 0 Å². The van der Waals surface area contributed by atoms with Crippen LogP contribution >= 0.6 is 15.9 Å². The Labute approximate surface area is 96.7 Å². The zero-order valence-electron chi connectivity index (χ0n) is 8.54. The van der Waals surface area contributed by atoms with Crippen molar-refractivity contribution < 1.29 is 14.4 Å². The number of amides is 1. The van der Waals surface area contributed by atoms with Crippen LogP contribution in [-0.4, -0.2) is 19.6 Å². The van der Waals surface area contributed by atoms with E-state index in [1.165, 1.54) is 0 Å². The number of methoxy groups -OCH3 is 1. The Hall–Kier alpha value is -1.07. The van der Waals surface area contributed by atoms with E-state index >= 15 is 0 Å². The summed E-state index contributed by atoms with van der Waals surface area (Å²) in [5.74, 6) is 0.406. The third-order valence-corrected chi connectivity index (χ3v) is 2.34. The number of nitrogens with one attached hydrogen (secondary N) is 1. The fourth-order valence-corrected chi connectivity index (χ4v) is 1.54. The summed E-state index contributed by atoms with van der Waals surface area (Å²) in [6, 6.07) is 5.05. The molecule has 0 aliphatic rings. The lowest BCUT2D eigenvalue weighted by atomic mass is 10.2. The molecule has 1 aromatic carbocycles. The van der Waals surface area contributed by atoms with Crippen LogP contribution < -0.4 is 10.2 Å². The second kappa shape index (κ2) is 5.72. The Bertz CT molecular complexity index is 355. The molecule has 1 N–H and O–H groups in total. The minimum absolute atomic E-state index is 0.278. The number of hydrogen-bond donors (Lipinski definition) is 1. The molecule has 0 bridgehead atoms. The average molecular weight is 274 g/mol. The molecule has 0 aromatic heterocycles. The van der Waals surface area contributed by atoms with E-state index in [0.29, 0.717) is 17.9 Å². The summed E-state index contributed by atoms with van der Waals surface area (Å²) >= 11 is 3.30. The SMILES string of the molecule is CCONC(=O)c1ccc(OC)c(Br)c1. The summed E-state index contributed by atoms with van der Waals surface area (Å²) in [5, 5.41) is 0. The number of carbonyl (C=O) groups excluding carboxylic acids is 1. The predicted octanol–water partition coefficient (Wildman–Crippen LogP) is 2.14. The van der Waals surface area contributed by atoms with E-state index < -0.39 is 0 Å². The van der Waals surface area contributed by atoms with Gasteiger partial charge in [-0.2, -0.15) is 0 Å². The van der Waals surface area contributed by atoms with E-state index in [4.69, 9.17) is 9.57 Å². The van der Waals surface area contributed by atoms with Crippen molar-refractivity contribution in [3.05, 3.63) is 28.2 Å². The number of halogens is 1. The van der Waals surface area contributed by atoms with Crippen molar-refractivity contribution in [2.45, 2.75) is 6.92 Å². The topological polar surface area (TPSA) is 47.6 Å². The number of carbonyl (C=O) groups is 1. The molecule has 0 heterocycles. The van der Waals surface area contributed by atoms with E-state index in [-0.39, 0.29) is 5.91 Å². The van der Waals surface area contributed by atoms with Crippen LogP contribution in [-0.2, 0) is 4.84 Å². The molecule has 1 amide bonds. The molecular weight excluding hydrogens is 262 g/mol. The van der Waals surface area contributed by atoms with Gasteiger partial charge in [0.1, 0.15) is 5.75 Å². The van der Waals surface area contributed by atoms with Gasteiger partial charge >= 0.3 is 0 Å². The minimum atomic E-state index is -0.278. The second-order valence-corrected chi connectivity index (χ2v) is 3.57. The molecule has 4 nitrogen and oxygen atoms in total. The molecule has 1 rings (SSSR count). The zero-order valence-corrected chi connectivity index (χ0v) is 10.1. The second-order valence-electron chi connectivity index (χ2n) is 2.71. The van der Waals surface area contributed by atoms with Crippen molar-refractivity contribution in [1.82, 2.24) is 5.48 Å². The summed E-state index contributed by atoms with van der Waals surface area (Å²) in [6.07, 6.45) is 0. The third kappa shape index (κ3) is 3.21. The number of benzene rings is 1. The lowest BCUT2D eigenvalue weighted by Gasteiger charge is -2.06. The van der Waals surface area contributed by atoms with Crippen molar-refractivity contribution in [1.29, 1.82) is 0 Å². The maximum absolute atomic E-state index is 11.5. The van der Waals surface area contributed by atoms with Gasteiger partial charge in [-0.25, -0.2) is 5.48 Å². The van der Waals surface area contributed by atoms with Crippen molar-refractivity contribution in [2.75, 3.05) is 13.7 Å². The van der Waals surface area contributed by atoms with Crippen molar-refractivity contribution in [3.8, 4) is 5.75 Å². The summed E-state index contributed by atoms with van der Waals surface area (Å²) in [4.78, 5) is 16.3. The zero-order chi connectivity index (χ0) is 11.3. The highest BCUT2D eigenvalue weighted by Gasteiger charge is 2.08. The van der Waals surface area contributed by atoms with Crippen LogP contribution in [0.5, 0.6) is 5.75 Å². The quantitative estimate of drug-likeness (QED) is 0.856. The summed E-state index contributed by atoms with van der Waals surface area (Å²) in [6.45, 7) is 2.23. The van der Waals surface area contributed by atoms with Gasteiger partial charge in [0.05, 0.1) is 18.2 Å². The maximum atomic E-state index is 11.5. The van der Waals surface area contributed by atoms with Crippen LogP contribution in [0.2, 0.25) is 0 Å². The summed E-state index contributed by atoms with van der Waals surface area (Å²) < 4.78 is 5.78. The van der Waals surface area contributed by atoms with Gasteiger partial charge in [-0.15, -0.1) is 0 Å². The highest BCUT2D eigenvalue weighted by atomic mass is 79.9. The molecule has 5 heteroatoms. The monoisotopic (exact) mass is 273 g/mol. The van der Waals surface area contributed by atoms with Crippen LogP contribution in [0.4, 0.5) is 0 Å². The van der Waals surface area contributed by atoms with Crippen molar-refractivity contribution in [3.63, 3.8) is 0 Å². The van der Waals surface area contributed by atoms with Crippen LogP contribution in [0.3, 0.4) is 0 Å². The first-order valence-corrected chi connectivity index (χ1v) is 5.24. The van der Waals surface area contributed by atoms with E-state index in [1.54, 1.807) is 32.2 Å². The van der Waals surface area contributed by atoms with Crippen LogP contribution in [0.25, 0.3) is 0 Å². The van der Waals surface area contributed by atoms with Crippen LogP contribution in [0, 0.1) is 0 Å². The predicted molar refractivity (Wildman–Crippen MR) is 59.8 cm³/mol. The first-order chi connectivity index (χ1) is 7.19. The molecule has 0 radical (unpaired) electrons. The van der Waals surface area contributed by atoms with Gasteiger partial charge in [0, 0.05) is 5.56 Å². The molecular formula is C10H12BrNO3. The van der Waals surface area contributed by atoms with E-state index in [1.807, 2.05) is 0 Å². The number of hydrogen-bond acceptors (Lipinski definition) is 3. The highest BCUT2D eigenvalue weighted by Crippen LogP contribution is 2.25. The highest BCUT2D eigenvalue weighted by molar-refractivity contribution is 9.10. The van der Waals surface area contributed by atoms with Crippen molar-refractivity contribution >= 4 is 21.8 Å². The average Bonchev–Trinajstić information content (AvgIpc) is 2.25. The number of rotatable bonds is 4. The molecule has 0 aliphatic carbocycles. The van der Waals surface area contributed by atoms with Gasteiger partial charge in [0.25, 0.3) is 5.91 Å². The van der Waals surface area contributed by atoms with Crippen LogP contribution in [0.15, 0.2) is 22.7 Å². The largest absolute Gasteiger partial charge is 0.496 e. The lowest BCUT2D eigenvalue weighted by Crippen LogP contribution is -2.23. The van der Waals surface area contributed by atoms with E-state index in [9.17, 15) is 4.79 Å². The molecule has 0 atom stereocenters. The van der Waals surface area contributed by atoms with E-state index in [0.717, 1.165) is 4.47 Å². The fourth-order valence-electron chi connectivity index (χ4n) is 1.00. The van der Waals surface area contributed by atoms with E-state index in [2.05, 4.69) is 21.4 Å². The molecule has 0 saturated heterocycles. The first-order valence-electron chi connectivity index (χ1n) is 4.44. The number of ether oxygens (including phenoxy) is 1. The molecule has 0 unspecified atom stereocenters. The Kier molecular flexibility index (Phi) is 4.58. The van der Waals surface area contributed by atoms with Crippen LogP contribution in [0.1, 0.15) is 17.3 Å². The molecule has 0 saturated carbocycles. The van der Waals surface area contributed by atoms with Gasteiger partial charge in [-0.3, -0.25) is 9.63 Å². The Morgan fingerprint density at radius 1 is 1.53 bits per heavy atom. The Morgan fingerprint density at radius 3 is 2.80 bits per heavy atom. The molecule has 0 fully saturated rings. The smallest absolute Gasteiger partial charge is 0.274 e. The van der Waals surface area contributed by atoms with Gasteiger partial charge in [0.15, 0.2) is 0 Å². The molecule has 0 spiro atoms. The minimum Gasteiger partial charge on any atom is -0.496 e. The maximum Gasteiger partial charge on any atom is 0.274 e. The standard InChI is InChI=1S/C10H12BrNO3/c1-3-15-12-10(13)7-4-5-9(14-2)8(11)6-7/h4-6H,3H2,1-2H3,(H,12,13). The summed E-state index contributed by atoms with van der Waals surface area (Å²) in [7, 11) is 1.57. The molecule has 15 heavy (non-hydrogen) atoms. The molecule has 82 valence electrons. The third-order valence-electron chi connectivity index (χ3n) is 1.72. The molecule has 1 aromatic rings. The number of hydroxylamine groups is 1. The van der Waals surface area contributed by atoms with Gasteiger partial charge < -0.3 is 4.74 Å². The molecule has 0 aliphatic heterocycles. The summed E-state index contributed by atoms with van der Waals surface area (Å²) in [5.41, 5.74) is 2.82. The Morgan fingerprint density at radius 2 is 2.27 bits per heavy atom. The first kappa shape index (κ1) is 12.0. The van der Waals surface area contributed by atoms with Gasteiger partial charge in [-0.1, -0.05) is 0 Å². The lowest BCUT2D eigenvalue weighted by molar-refractivity contribution is 0.0364. The normalized spacial score (nSPS) is 9.80. The van der Waals surface area contributed by atoms with Gasteiger partial charge in [-0.05, 0) is 41.1 Å².